The van der Waals surface area contributed by atoms with Crippen molar-refractivity contribution in [3.8, 4) is 6.07 Å². The Kier molecular flexibility index (Phi) is 3.52. The van der Waals surface area contributed by atoms with E-state index in [1.54, 1.807) is 20.0 Å². The number of ketones is 1. The van der Waals surface area contributed by atoms with Crippen LogP contribution in [-0.2, 0) is 16.8 Å². The van der Waals surface area contributed by atoms with Crippen LogP contribution in [0.25, 0.3) is 5.70 Å². The van der Waals surface area contributed by atoms with Gasteiger partial charge in [-0.1, -0.05) is 0 Å². The highest BCUT2D eigenvalue weighted by atomic mass is 16.3. The lowest BCUT2D eigenvalue weighted by atomic mass is 9.85. The second-order valence-corrected chi connectivity index (χ2v) is 8.21. The standard InChI is InChI=1S/C20H23N3O2/c1-19(2,25)17-10-14-13(12-22-17)9-16(24)15(11-21)18(14)23-7-5-20(3-4-20)6-8-23/h10,12,25H,3-9H2,1-2H3. The second-order valence-electron chi connectivity index (χ2n) is 8.21. The van der Waals surface area contributed by atoms with Crippen LogP contribution in [0.1, 0.15) is 56.4 Å². The number of likely N-dealkylation sites (tertiary alicyclic amines) is 1. The fourth-order valence-corrected chi connectivity index (χ4v) is 4.03. The first-order valence-electron chi connectivity index (χ1n) is 8.98. The average Bonchev–Trinajstić information content (AvgIpc) is 3.32. The summed E-state index contributed by atoms with van der Waals surface area (Å²) in [7, 11) is 0. The van der Waals surface area contributed by atoms with Gasteiger partial charge in [0.25, 0.3) is 0 Å². The summed E-state index contributed by atoms with van der Waals surface area (Å²) in [5.41, 5.74) is 2.76. The molecule has 0 unspecified atom stereocenters. The summed E-state index contributed by atoms with van der Waals surface area (Å²) in [6, 6.07) is 4.00. The molecule has 1 spiro atoms. The first kappa shape index (κ1) is 16.3. The minimum atomic E-state index is -1.06. The third kappa shape index (κ3) is 2.75. The Morgan fingerprint density at radius 3 is 2.52 bits per heavy atom. The van der Waals surface area contributed by atoms with Gasteiger partial charge in [0.1, 0.15) is 17.2 Å². The largest absolute Gasteiger partial charge is 0.384 e. The molecule has 0 amide bonds. The average molecular weight is 337 g/mol. The number of aliphatic hydroxyl groups is 1. The number of nitriles is 1. The number of piperidine rings is 1. The number of hydrogen-bond acceptors (Lipinski definition) is 5. The monoisotopic (exact) mass is 337 g/mol. The molecule has 1 N–H and O–H groups in total. The van der Waals surface area contributed by atoms with E-state index in [9.17, 15) is 15.2 Å². The highest BCUT2D eigenvalue weighted by Gasteiger charge is 2.45. The molecule has 1 aromatic rings. The van der Waals surface area contributed by atoms with Crippen LogP contribution in [0.15, 0.2) is 17.8 Å². The van der Waals surface area contributed by atoms with Crippen LogP contribution >= 0.6 is 0 Å². The van der Waals surface area contributed by atoms with Gasteiger partial charge in [-0.05, 0) is 56.6 Å². The van der Waals surface area contributed by atoms with Crippen LogP contribution in [0.5, 0.6) is 0 Å². The first-order valence-corrected chi connectivity index (χ1v) is 8.98. The zero-order valence-corrected chi connectivity index (χ0v) is 14.8. The van der Waals surface area contributed by atoms with Crippen LogP contribution in [0.2, 0.25) is 0 Å². The van der Waals surface area contributed by atoms with Crippen LogP contribution in [0, 0.1) is 16.7 Å². The number of allylic oxidation sites excluding steroid dienone is 1. The van der Waals surface area contributed by atoms with Gasteiger partial charge in [0.05, 0.1) is 11.4 Å². The predicted octanol–water partition coefficient (Wildman–Crippen LogP) is 2.54. The van der Waals surface area contributed by atoms with E-state index in [0.29, 0.717) is 11.1 Å². The number of aromatic nitrogens is 1. The van der Waals surface area contributed by atoms with E-state index in [2.05, 4.69) is 16.0 Å². The predicted molar refractivity (Wildman–Crippen MR) is 93.2 cm³/mol. The van der Waals surface area contributed by atoms with E-state index in [0.717, 1.165) is 42.8 Å². The summed E-state index contributed by atoms with van der Waals surface area (Å²) in [4.78, 5) is 19.0. The lowest BCUT2D eigenvalue weighted by molar-refractivity contribution is -0.114. The van der Waals surface area contributed by atoms with Gasteiger partial charge in [0.2, 0.25) is 0 Å². The van der Waals surface area contributed by atoms with E-state index >= 15 is 0 Å². The first-order chi connectivity index (χ1) is 11.8. The molecule has 5 nitrogen and oxygen atoms in total. The summed E-state index contributed by atoms with van der Waals surface area (Å²) < 4.78 is 0. The van der Waals surface area contributed by atoms with E-state index in [4.69, 9.17) is 0 Å². The third-order valence-electron chi connectivity index (χ3n) is 5.94. The molecule has 4 rings (SSSR count). The van der Waals surface area contributed by atoms with Gasteiger partial charge in [-0.3, -0.25) is 9.78 Å². The zero-order valence-electron chi connectivity index (χ0n) is 14.8. The molecule has 130 valence electrons. The maximum atomic E-state index is 12.5. The maximum Gasteiger partial charge on any atom is 0.179 e. The Bertz CT molecular complexity index is 812. The quantitative estimate of drug-likeness (QED) is 0.897. The molecule has 5 heteroatoms. The van der Waals surface area contributed by atoms with Crippen molar-refractivity contribution in [2.75, 3.05) is 13.1 Å². The van der Waals surface area contributed by atoms with Gasteiger partial charge >= 0.3 is 0 Å². The highest BCUT2D eigenvalue weighted by molar-refractivity contribution is 6.09. The summed E-state index contributed by atoms with van der Waals surface area (Å²) in [5, 5.41) is 19.9. The van der Waals surface area contributed by atoms with Gasteiger partial charge < -0.3 is 10.0 Å². The molecule has 1 saturated carbocycles. The number of hydrogen-bond donors (Lipinski definition) is 1. The van der Waals surface area contributed by atoms with Gasteiger partial charge in [0, 0.05) is 31.3 Å². The lowest BCUT2D eigenvalue weighted by Gasteiger charge is -2.37. The molecule has 0 radical (unpaired) electrons. The summed E-state index contributed by atoms with van der Waals surface area (Å²) in [6.07, 6.45) is 6.77. The molecule has 2 aliphatic carbocycles. The minimum absolute atomic E-state index is 0.130. The molecule has 25 heavy (non-hydrogen) atoms. The molecule has 1 aliphatic heterocycles. The fourth-order valence-electron chi connectivity index (χ4n) is 4.03. The molecule has 0 atom stereocenters. The number of Topliss-reactive ketones (excluding diaryl/α,β-unsaturated/α-hetero) is 1. The molecule has 3 aliphatic rings. The SMILES string of the molecule is CC(C)(O)c1cc2c(cn1)CC(=O)C(C#N)=C2N1CCC2(CC1)CC2. The normalized spacial score (nSPS) is 22.0. The van der Waals surface area contributed by atoms with Crippen LogP contribution in [0.3, 0.4) is 0 Å². The molecule has 2 fully saturated rings. The minimum Gasteiger partial charge on any atom is -0.384 e. The van der Waals surface area contributed by atoms with Gasteiger partial charge in [0.15, 0.2) is 5.78 Å². The summed E-state index contributed by atoms with van der Waals surface area (Å²) >= 11 is 0. The van der Waals surface area contributed by atoms with Gasteiger partial charge in [-0.15, -0.1) is 0 Å². The van der Waals surface area contributed by atoms with Gasteiger partial charge in [-0.2, -0.15) is 5.26 Å². The summed E-state index contributed by atoms with van der Waals surface area (Å²) in [5.74, 6) is -0.130. The number of fused-ring (bicyclic) bond motifs is 1. The molecule has 0 aromatic carbocycles. The van der Waals surface area contributed by atoms with Crippen molar-refractivity contribution < 1.29 is 9.90 Å². The van der Waals surface area contributed by atoms with Crippen molar-refractivity contribution in [1.29, 1.82) is 5.26 Å². The number of pyridine rings is 1. The molecule has 2 heterocycles. The zero-order chi connectivity index (χ0) is 17.8. The molecule has 1 saturated heterocycles. The van der Waals surface area contributed by atoms with Crippen molar-refractivity contribution in [3.05, 3.63) is 34.7 Å². The van der Waals surface area contributed by atoms with E-state index in [1.807, 2.05) is 6.07 Å². The van der Waals surface area contributed by atoms with Crippen molar-refractivity contribution in [3.63, 3.8) is 0 Å². The van der Waals surface area contributed by atoms with E-state index in [1.165, 1.54) is 12.8 Å². The van der Waals surface area contributed by atoms with E-state index < -0.39 is 5.60 Å². The number of carbonyl (C=O) groups is 1. The van der Waals surface area contributed by atoms with Crippen molar-refractivity contribution >= 4 is 11.5 Å². The fraction of sp³-hybridized carbons (Fsp3) is 0.550. The lowest BCUT2D eigenvalue weighted by Crippen LogP contribution is -2.36. The Morgan fingerprint density at radius 2 is 1.96 bits per heavy atom. The smallest absolute Gasteiger partial charge is 0.179 e. The number of nitrogens with zero attached hydrogens (tertiary/aromatic N) is 3. The molecule has 1 aromatic heterocycles. The molecular weight excluding hydrogens is 314 g/mol. The Labute approximate surface area is 148 Å². The van der Waals surface area contributed by atoms with Gasteiger partial charge in [-0.25, -0.2) is 0 Å². The van der Waals surface area contributed by atoms with Crippen molar-refractivity contribution in [2.45, 2.75) is 51.6 Å². The number of carbonyl (C=O) groups excluding carboxylic acids is 1. The Hall–Kier alpha value is -2.19. The van der Waals surface area contributed by atoms with Crippen LogP contribution in [-0.4, -0.2) is 33.9 Å². The van der Waals surface area contributed by atoms with Crippen molar-refractivity contribution in [1.82, 2.24) is 9.88 Å². The maximum absolute atomic E-state index is 12.5. The van der Waals surface area contributed by atoms with Crippen LogP contribution in [0.4, 0.5) is 0 Å². The Morgan fingerprint density at radius 1 is 1.28 bits per heavy atom. The topological polar surface area (TPSA) is 77.2 Å². The van der Waals surface area contributed by atoms with E-state index in [-0.39, 0.29) is 17.8 Å². The summed E-state index contributed by atoms with van der Waals surface area (Å²) in [6.45, 7) is 5.16. The third-order valence-corrected chi connectivity index (χ3v) is 5.94. The molecular formula is C20H23N3O2. The molecule has 0 bridgehead atoms. The van der Waals surface area contributed by atoms with Crippen molar-refractivity contribution in [2.24, 2.45) is 5.41 Å². The highest BCUT2D eigenvalue weighted by Crippen LogP contribution is 2.54. The second kappa shape index (κ2) is 5.40. The Balaban J connectivity index is 1.79. The number of rotatable bonds is 2. The van der Waals surface area contributed by atoms with Crippen LogP contribution < -0.4 is 0 Å².